The lowest BCUT2D eigenvalue weighted by molar-refractivity contribution is -0.154. The second-order valence-corrected chi connectivity index (χ2v) is 8.49. The maximum Gasteiger partial charge on any atom is 0.228 e. The number of fused-ring (bicyclic) bond motifs is 1. The number of nitrogens with zero attached hydrogens (tertiary/aromatic N) is 3. The highest BCUT2D eigenvalue weighted by molar-refractivity contribution is 5.86. The van der Waals surface area contributed by atoms with E-state index < -0.39 is 5.41 Å². The van der Waals surface area contributed by atoms with Crippen LogP contribution < -0.4 is 5.32 Å². The van der Waals surface area contributed by atoms with Crippen molar-refractivity contribution in [2.75, 3.05) is 39.9 Å². The first-order valence-electron chi connectivity index (χ1n) is 10.4. The van der Waals surface area contributed by atoms with Crippen LogP contribution in [0.3, 0.4) is 0 Å². The molecule has 3 fully saturated rings. The van der Waals surface area contributed by atoms with Gasteiger partial charge >= 0.3 is 0 Å². The van der Waals surface area contributed by atoms with Crippen molar-refractivity contribution in [1.29, 1.82) is 0 Å². The van der Waals surface area contributed by atoms with Gasteiger partial charge in [0.15, 0.2) is 0 Å². The number of H-pyrrole nitrogens is 1. The van der Waals surface area contributed by atoms with E-state index in [9.17, 15) is 9.59 Å². The molecule has 0 aliphatic carbocycles. The Balaban J connectivity index is 1.53. The van der Waals surface area contributed by atoms with Gasteiger partial charge in [-0.15, -0.1) is 0 Å². The molecule has 0 bridgehead atoms. The molecule has 154 valence electrons. The molecule has 28 heavy (non-hydrogen) atoms. The van der Waals surface area contributed by atoms with Crippen LogP contribution in [0.25, 0.3) is 0 Å². The maximum atomic E-state index is 13.5. The molecule has 4 rings (SSSR count). The third kappa shape index (κ3) is 3.80. The van der Waals surface area contributed by atoms with E-state index in [1.165, 1.54) is 0 Å². The molecule has 3 saturated heterocycles. The van der Waals surface area contributed by atoms with E-state index >= 15 is 0 Å². The first-order valence-corrected chi connectivity index (χ1v) is 10.4. The number of ether oxygens (including phenoxy) is 1. The molecule has 0 aromatic carbocycles. The second-order valence-electron chi connectivity index (χ2n) is 8.49. The largest absolute Gasteiger partial charge is 0.381 e. The minimum absolute atomic E-state index is 0.0738. The molecular weight excluding hydrogens is 358 g/mol. The zero-order valence-electron chi connectivity index (χ0n) is 16.7. The van der Waals surface area contributed by atoms with Gasteiger partial charge in [-0.05, 0) is 51.8 Å². The van der Waals surface area contributed by atoms with Crippen LogP contribution in [-0.2, 0) is 20.7 Å². The molecule has 2 amide bonds. The smallest absolute Gasteiger partial charge is 0.228 e. The number of nitrogens with one attached hydrogen (secondary N) is 2. The van der Waals surface area contributed by atoms with Crippen molar-refractivity contribution in [3.05, 3.63) is 18.0 Å². The zero-order chi connectivity index (χ0) is 19.6. The molecule has 0 unspecified atom stereocenters. The average Bonchev–Trinajstić information content (AvgIpc) is 3.21. The first kappa shape index (κ1) is 19.4. The summed E-state index contributed by atoms with van der Waals surface area (Å²) in [5, 5.41) is 10.1. The molecule has 1 aromatic heterocycles. The zero-order valence-corrected chi connectivity index (χ0v) is 16.7. The number of carbonyl (C=O) groups excluding carboxylic acids is 2. The summed E-state index contributed by atoms with van der Waals surface area (Å²) < 4.78 is 5.43. The lowest BCUT2D eigenvalue weighted by atomic mass is 9.67. The summed E-state index contributed by atoms with van der Waals surface area (Å²) in [6.07, 6.45) is 6.24. The van der Waals surface area contributed by atoms with Gasteiger partial charge in [0, 0.05) is 44.2 Å². The van der Waals surface area contributed by atoms with Crippen molar-refractivity contribution < 1.29 is 14.3 Å². The Kier molecular flexibility index (Phi) is 5.68. The Labute approximate surface area is 166 Å². The fourth-order valence-corrected chi connectivity index (χ4v) is 5.02. The number of aromatic nitrogens is 2. The highest BCUT2D eigenvalue weighted by atomic mass is 16.5. The molecule has 0 radical (unpaired) electrons. The fourth-order valence-electron chi connectivity index (χ4n) is 5.02. The SMILES string of the molecule is CN1CC[C@]2(C(=O)NC3CCOCC3)CCCN(C(=O)Cc3ccn[nH]3)[C@H]2C1. The maximum absolute atomic E-state index is 13.5. The van der Waals surface area contributed by atoms with Crippen LogP contribution in [0.1, 0.15) is 37.8 Å². The van der Waals surface area contributed by atoms with Gasteiger partial charge in [0.1, 0.15) is 0 Å². The minimum atomic E-state index is -0.479. The molecule has 8 heteroatoms. The standard InChI is InChI=1S/C20H31N5O3/c1-24-10-7-20(19(27)22-15-4-11-28-12-5-15)6-2-9-25(17(20)14-24)18(26)13-16-3-8-21-23-16/h3,8,15,17H,2,4-7,9-14H2,1H3,(H,21,23)(H,22,27)/t17-,20+/m0/s1. The van der Waals surface area contributed by atoms with Crippen molar-refractivity contribution in [3.63, 3.8) is 0 Å². The molecule has 0 spiro atoms. The lowest BCUT2D eigenvalue weighted by Gasteiger charge is -2.53. The van der Waals surface area contributed by atoms with Crippen LogP contribution in [-0.4, -0.2) is 83.8 Å². The minimum Gasteiger partial charge on any atom is -0.381 e. The van der Waals surface area contributed by atoms with Crippen molar-refractivity contribution in [3.8, 4) is 0 Å². The number of likely N-dealkylation sites (N-methyl/N-ethyl adjacent to an activating group) is 1. The Morgan fingerprint density at radius 2 is 2.14 bits per heavy atom. The van der Waals surface area contributed by atoms with E-state index in [0.29, 0.717) is 19.6 Å². The van der Waals surface area contributed by atoms with Crippen LogP contribution in [0.5, 0.6) is 0 Å². The topological polar surface area (TPSA) is 90.6 Å². The van der Waals surface area contributed by atoms with E-state index in [4.69, 9.17) is 4.74 Å². The highest BCUT2D eigenvalue weighted by Crippen LogP contribution is 2.43. The summed E-state index contributed by atoms with van der Waals surface area (Å²) in [5.41, 5.74) is 0.337. The summed E-state index contributed by atoms with van der Waals surface area (Å²) in [4.78, 5) is 30.8. The summed E-state index contributed by atoms with van der Waals surface area (Å²) >= 11 is 0. The summed E-state index contributed by atoms with van der Waals surface area (Å²) in [6, 6.07) is 1.95. The van der Waals surface area contributed by atoms with Gasteiger partial charge in [0.2, 0.25) is 11.8 Å². The predicted molar refractivity (Wildman–Crippen MR) is 104 cm³/mol. The Morgan fingerprint density at radius 1 is 1.32 bits per heavy atom. The van der Waals surface area contributed by atoms with Crippen molar-refractivity contribution in [2.45, 2.75) is 50.6 Å². The van der Waals surface area contributed by atoms with Crippen LogP contribution >= 0.6 is 0 Å². The normalized spacial score (nSPS) is 29.3. The van der Waals surface area contributed by atoms with Gasteiger partial charge in [0.25, 0.3) is 0 Å². The molecule has 8 nitrogen and oxygen atoms in total. The van der Waals surface area contributed by atoms with Gasteiger partial charge < -0.3 is 19.9 Å². The molecule has 0 saturated carbocycles. The summed E-state index contributed by atoms with van der Waals surface area (Å²) in [6.45, 7) is 3.77. The molecule has 3 aliphatic heterocycles. The number of rotatable bonds is 4. The summed E-state index contributed by atoms with van der Waals surface area (Å²) in [5.74, 6) is 0.212. The van der Waals surface area contributed by atoms with E-state index in [1.54, 1.807) is 6.20 Å². The van der Waals surface area contributed by atoms with Crippen LogP contribution in [0, 0.1) is 5.41 Å². The lowest BCUT2D eigenvalue weighted by Crippen LogP contribution is -2.67. The quantitative estimate of drug-likeness (QED) is 0.785. The number of hydrogen-bond donors (Lipinski definition) is 2. The molecule has 3 aliphatic rings. The Morgan fingerprint density at radius 3 is 2.89 bits per heavy atom. The second kappa shape index (κ2) is 8.21. The Bertz CT molecular complexity index is 688. The number of aromatic amines is 1. The molecule has 1 aromatic rings. The van der Waals surface area contributed by atoms with E-state index in [2.05, 4.69) is 27.5 Å². The number of likely N-dealkylation sites (tertiary alicyclic amines) is 2. The van der Waals surface area contributed by atoms with Crippen LogP contribution in [0.4, 0.5) is 0 Å². The van der Waals surface area contributed by atoms with Gasteiger partial charge in [-0.25, -0.2) is 0 Å². The third-order valence-electron chi connectivity index (χ3n) is 6.69. The number of piperidine rings is 2. The predicted octanol–water partition coefficient (Wildman–Crippen LogP) is 0.560. The monoisotopic (exact) mass is 389 g/mol. The van der Waals surface area contributed by atoms with E-state index in [-0.39, 0.29) is 23.9 Å². The molecule has 4 heterocycles. The fraction of sp³-hybridized carbons (Fsp3) is 0.750. The Hall–Kier alpha value is -1.93. The van der Waals surface area contributed by atoms with Crippen LogP contribution in [0.15, 0.2) is 12.3 Å². The number of amides is 2. The average molecular weight is 390 g/mol. The van der Waals surface area contributed by atoms with Crippen molar-refractivity contribution in [1.82, 2.24) is 25.3 Å². The van der Waals surface area contributed by atoms with Gasteiger partial charge in [-0.3, -0.25) is 14.7 Å². The molecular formula is C20H31N5O3. The van der Waals surface area contributed by atoms with E-state index in [0.717, 1.165) is 57.4 Å². The highest BCUT2D eigenvalue weighted by Gasteiger charge is 2.53. The van der Waals surface area contributed by atoms with Gasteiger partial charge in [-0.1, -0.05) is 0 Å². The van der Waals surface area contributed by atoms with Gasteiger partial charge in [0.05, 0.1) is 17.9 Å². The summed E-state index contributed by atoms with van der Waals surface area (Å²) in [7, 11) is 2.08. The molecule has 2 N–H and O–H groups in total. The third-order valence-corrected chi connectivity index (χ3v) is 6.69. The van der Waals surface area contributed by atoms with Gasteiger partial charge in [-0.2, -0.15) is 5.10 Å². The van der Waals surface area contributed by atoms with E-state index in [1.807, 2.05) is 11.0 Å². The number of hydrogen-bond acceptors (Lipinski definition) is 5. The van der Waals surface area contributed by atoms with Crippen LogP contribution in [0.2, 0.25) is 0 Å². The number of carbonyl (C=O) groups is 2. The van der Waals surface area contributed by atoms with Crippen molar-refractivity contribution >= 4 is 11.8 Å². The first-order chi connectivity index (χ1) is 13.6. The van der Waals surface area contributed by atoms with Crippen molar-refractivity contribution in [2.24, 2.45) is 5.41 Å². The molecule has 2 atom stereocenters.